The maximum Gasteiger partial charge on any atom is 0.573 e. The van der Waals surface area contributed by atoms with Crippen LogP contribution in [0, 0.1) is 0 Å². The average Bonchev–Trinajstić information content (AvgIpc) is 3.68. The SMILES string of the molecule is COc1ccc(-c2csc(=Nc3cccc(OC(F)(F)F)c3)n2Cc2ccccc2CN2CCN(c3ccccc3)CC2)c2c1C(=O)CO2. The van der Waals surface area contributed by atoms with Crippen LogP contribution in [0.15, 0.2) is 101 Å². The van der Waals surface area contributed by atoms with Crippen LogP contribution in [0.2, 0.25) is 0 Å². The molecular weight excluding hydrogens is 653 g/mol. The summed E-state index contributed by atoms with van der Waals surface area (Å²) in [6.45, 7) is 4.79. The highest BCUT2D eigenvalue weighted by atomic mass is 32.1. The van der Waals surface area contributed by atoms with Gasteiger partial charge in [0.2, 0.25) is 5.78 Å². The predicted octanol–water partition coefficient (Wildman–Crippen LogP) is 7.30. The van der Waals surface area contributed by atoms with E-state index in [9.17, 15) is 18.0 Å². The van der Waals surface area contributed by atoms with E-state index in [0.29, 0.717) is 39.7 Å². The molecule has 2 aliphatic heterocycles. The van der Waals surface area contributed by atoms with Crippen LogP contribution in [0.5, 0.6) is 17.2 Å². The lowest BCUT2D eigenvalue weighted by molar-refractivity contribution is -0.274. The number of ketones is 1. The van der Waals surface area contributed by atoms with Gasteiger partial charge < -0.3 is 23.7 Å². The van der Waals surface area contributed by atoms with Crippen molar-refractivity contribution in [3.63, 3.8) is 0 Å². The van der Waals surface area contributed by atoms with E-state index in [-0.39, 0.29) is 18.1 Å². The largest absolute Gasteiger partial charge is 0.573 e. The van der Waals surface area contributed by atoms with E-state index < -0.39 is 6.36 Å². The van der Waals surface area contributed by atoms with Gasteiger partial charge in [0, 0.05) is 55.4 Å². The second-order valence-electron chi connectivity index (χ2n) is 11.7. The Hall–Kier alpha value is -5.07. The Morgan fingerprint density at radius 1 is 0.878 bits per heavy atom. The van der Waals surface area contributed by atoms with Gasteiger partial charge in [0.05, 0.1) is 25.0 Å². The molecule has 0 N–H and O–H groups in total. The molecule has 4 aromatic carbocycles. The van der Waals surface area contributed by atoms with E-state index in [4.69, 9.17) is 14.5 Å². The van der Waals surface area contributed by atoms with Crippen molar-refractivity contribution >= 4 is 28.5 Å². The number of alkyl halides is 3. The smallest absolute Gasteiger partial charge is 0.496 e. The van der Waals surface area contributed by atoms with Crippen molar-refractivity contribution in [3.8, 4) is 28.5 Å². The molecule has 12 heteroatoms. The minimum absolute atomic E-state index is 0.0869. The van der Waals surface area contributed by atoms with Crippen molar-refractivity contribution in [2.24, 2.45) is 4.99 Å². The molecule has 0 saturated carbocycles. The summed E-state index contributed by atoms with van der Waals surface area (Å²) in [7, 11) is 1.51. The number of piperazine rings is 1. The van der Waals surface area contributed by atoms with Crippen LogP contribution in [-0.4, -0.2) is 61.5 Å². The van der Waals surface area contributed by atoms with Gasteiger partial charge in [0.15, 0.2) is 11.4 Å². The average molecular weight is 687 g/mol. The minimum atomic E-state index is -4.82. The lowest BCUT2D eigenvalue weighted by atomic mass is 10.0. The number of hydrogen-bond acceptors (Lipinski definition) is 8. The molecule has 7 rings (SSSR count). The molecule has 49 heavy (non-hydrogen) atoms. The van der Waals surface area contributed by atoms with Gasteiger partial charge in [-0.25, -0.2) is 4.99 Å². The van der Waals surface area contributed by atoms with E-state index >= 15 is 0 Å². The fourth-order valence-electron chi connectivity index (χ4n) is 6.29. The van der Waals surface area contributed by atoms with Crippen LogP contribution in [0.3, 0.4) is 0 Å². The molecule has 252 valence electrons. The van der Waals surface area contributed by atoms with Crippen molar-refractivity contribution < 1.29 is 32.2 Å². The third kappa shape index (κ3) is 7.20. The number of rotatable bonds is 9. The monoisotopic (exact) mass is 686 g/mol. The van der Waals surface area contributed by atoms with E-state index in [1.54, 1.807) is 12.1 Å². The van der Waals surface area contributed by atoms with Gasteiger partial charge in [-0.05, 0) is 47.5 Å². The Kier molecular flexibility index (Phi) is 9.15. The number of hydrogen-bond donors (Lipinski definition) is 0. The zero-order valence-corrected chi connectivity index (χ0v) is 27.5. The van der Waals surface area contributed by atoms with Gasteiger partial charge in [-0.2, -0.15) is 0 Å². The summed E-state index contributed by atoms with van der Waals surface area (Å²) in [6.07, 6.45) is -4.82. The topological polar surface area (TPSA) is 68.5 Å². The highest BCUT2D eigenvalue weighted by molar-refractivity contribution is 7.07. The molecular formula is C37H33F3N4O4S. The number of carbonyl (C=O) groups excluding carboxylic acids is 1. The zero-order valence-electron chi connectivity index (χ0n) is 26.7. The second kappa shape index (κ2) is 13.8. The molecule has 0 bridgehead atoms. The first-order chi connectivity index (χ1) is 23.8. The van der Waals surface area contributed by atoms with Crippen LogP contribution in [-0.2, 0) is 13.1 Å². The van der Waals surface area contributed by atoms with Crippen molar-refractivity contribution in [2.45, 2.75) is 19.5 Å². The third-order valence-electron chi connectivity index (χ3n) is 8.65. The highest BCUT2D eigenvalue weighted by Gasteiger charge is 2.32. The molecule has 0 unspecified atom stereocenters. The second-order valence-corrected chi connectivity index (χ2v) is 12.6. The summed E-state index contributed by atoms with van der Waals surface area (Å²) in [5, 5.41) is 1.93. The van der Waals surface area contributed by atoms with E-state index in [1.807, 2.05) is 34.2 Å². The van der Waals surface area contributed by atoms with Crippen LogP contribution in [0.1, 0.15) is 21.5 Å². The first-order valence-corrected chi connectivity index (χ1v) is 16.7. The Bertz CT molecular complexity index is 2040. The molecule has 0 amide bonds. The Morgan fingerprint density at radius 3 is 2.35 bits per heavy atom. The number of ether oxygens (including phenoxy) is 3. The number of para-hydroxylation sites is 1. The van der Waals surface area contributed by atoms with E-state index in [2.05, 4.69) is 50.9 Å². The van der Waals surface area contributed by atoms with Crippen molar-refractivity contribution in [3.05, 3.63) is 118 Å². The number of Topliss-reactive ketones (excluding diaryl/α,β-unsaturated/α-hetero) is 1. The first kappa shape index (κ1) is 32.5. The summed E-state index contributed by atoms with van der Waals surface area (Å²) in [5.74, 6) is 0.356. The summed E-state index contributed by atoms with van der Waals surface area (Å²) in [5.41, 5.74) is 5.62. The zero-order chi connectivity index (χ0) is 34.0. The van der Waals surface area contributed by atoms with Gasteiger partial charge in [0.1, 0.15) is 22.8 Å². The van der Waals surface area contributed by atoms with Crippen molar-refractivity contribution in [1.82, 2.24) is 9.47 Å². The van der Waals surface area contributed by atoms with Gasteiger partial charge in [0.25, 0.3) is 0 Å². The number of methoxy groups -OCH3 is 1. The summed E-state index contributed by atoms with van der Waals surface area (Å²) in [4.78, 5) is 23.0. The number of fused-ring (bicyclic) bond motifs is 1. The number of anilines is 1. The van der Waals surface area contributed by atoms with Crippen LogP contribution >= 0.6 is 11.3 Å². The molecule has 1 aromatic heterocycles. The molecule has 0 spiro atoms. The maximum atomic E-state index is 13.0. The van der Waals surface area contributed by atoms with Gasteiger partial charge in [-0.3, -0.25) is 9.69 Å². The molecule has 0 atom stereocenters. The molecule has 0 aliphatic carbocycles. The van der Waals surface area contributed by atoms with E-state index in [1.165, 1.54) is 47.9 Å². The fraction of sp³-hybridized carbons (Fsp3) is 0.243. The lowest BCUT2D eigenvalue weighted by Gasteiger charge is -2.36. The van der Waals surface area contributed by atoms with Crippen molar-refractivity contribution in [1.29, 1.82) is 0 Å². The number of carbonyl (C=O) groups is 1. The quantitative estimate of drug-likeness (QED) is 0.162. The standard InChI is InChI=1S/C37H33F3N4O4S/c1-46-33-15-14-30(35-34(33)32(45)23-47-35)31-24-49-36(41-27-10-7-13-29(20-27)48-37(38,39)40)44(31)22-26-9-6-5-8-25(26)21-42-16-18-43(19-17-42)28-11-3-2-4-12-28/h2-15,20,24H,16-19,21-23H2,1H3. The fourth-order valence-corrected chi connectivity index (χ4v) is 7.21. The molecule has 5 aromatic rings. The Labute approximate surface area is 285 Å². The summed E-state index contributed by atoms with van der Waals surface area (Å²) in [6, 6.07) is 27.9. The number of thiazole rings is 1. The molecule has 2 aliphatic rings. The molecule has 8 nitrogen and oxygen atoms in total. The van der Waals surface area contributed by atoms with Gasteiger partial charge in [-0.15, -0.1) is 24.5 Å². The predicted molar refractivity (Wildman–Crippen MR) is 182 cm³/mol. The number of halogens is 3. The number of aromatic nitrogens is 1. The lowest BCUT2D eigenvalue weighted by Crippen LogP contribution is -2.46. The van der Waals surface area contributed by atoms with Gasteiger partial charge >= 0.3 is 6.36 Å². The maximum absolute atomic E-state index is 13.0. The number of nitrogens with zero attached hydrogens (tertiary/aromatic N) is 4. The molecule has 0 radical (unpaired) electrons. The Balaban J connectivity index is 1.24. The molecule has 3 heterocycles. The van der Waals surface area contributed by atoms with Crippen LogP contribution < -0.4 is 23.9 Å². The third-order valence-corrected chi connectivity index (χ3v) is 9.51. The minimum Gasteiger partial charge on any atom is -0.496 e. The highest BCUT2D eigenvalue weighted by Crippen LogP contribution is 2.42. The normalized spacial score (nSPS) is 15.3. The summed E-state index contributed by atoms with van der Waals surface area (Å²) < 4.78 is 56.5. The number of benzene rings is 4. The first-order valence-electron chi connectivity index (χ1n) is 15.8. The van der Waals surface area contributed by atoms with Gasteiger partial charge in [-0.1, -0.05) is 48.5 Å². The van der Waals surface area contributed by atoms with Crippen LogP contribution in [0.4, 0.5) is 24.5 Å². The molecule has 1 fully saturated rings. The summed E-state index contributed by atoms with van der Waals surface area (Å²) >= 11 is 1.35. The van der Waals surface area contributed by atoms with E-state index in [0.717, 1.165) is 44.0 Å². The molecule has 1 saturated heterocycles. The van der Waals surface area contributed by atoms with Crippen LogP contribution in [0.25, 0.3) is 11.3 Å². The van der Waals surface area contributed by atoms with Crippen molar-refractivity contribution in [2.75, 3.05) is 44.8 Å². The Morgan fingerprint density at radius 2 is 1.61 bits per heavy atom.